The van der Waals surface area contributed by atoms with Gasteiger partial charge in [0.25, 0.3) is 0 Å². The van der Waals surface area contributed by atoms with Gasteiger partial charge < -0.3 is 10.4 Å². The monoisotopic (exact) mass is 285 g/mol. The molecule has 0 aliphatic carbocycles. The fourth-order valence-corrected chi connectivity index (χ4v) is 1.96. The van der Waals surface area contributed by atoms with Gasteiger partial charge in [0.15, 0.2) is 0 Å². The second kappa shape index (κ2) is 7.94. The van der Waals surface area contributed by atoms with Crippen LogP contribution in [0.3, 0.4) is 0 Å². The fraction of sp³-hybridized carbons (Fsp3) is 0.533. The maximum absolute atomic E-state index is 13.4. The van der Waals surface area contributed by atoms with Crippen LogP contribution < -0.4 is 5.32 Å². The Morgan fingerprint density at radius 3 is 2.60 bits per heavy atom. The minimum atomic E-state index is -0.631. The van der Waals surface area contributed by atoms with Crippen molar-refractivity contribution in [2.75, 3.05) is 6.61 Å². The zero-order valence-corrected chi connectivity index (χ0v) is 11.8. The van der Waals surface area contributed by atoms with Gasteiger partial charge in [-0.15, -0.1) is 0 Å². The number of hydrogen-bond acceptors (Lipinski definition) is 2. The van der Waals surface area contributed by atoms with E-state index in [0.717, 1.165) is 6.07 Å². The average Bonchev–Trinajstić information content (AvgIpc) is 2.37. The van der Waals surface area contributed by atoms with Gasteiger partial charge in [0.1, 0.15) is 11.6 Å². The van der Waals surface area contributed by atoms with Crippen LogP contribution in [0.5, 0.6) is 0 Å². The summed E-state index contributed by atoms with van der Waals surface area (Å²) in [5.74, 6) is -1.23. The third-order valence-corrected chi connectivity index (χ3v) is 3.23. The van der Waals surface area contributed by atoms with E-state index in [1.54, 1.807) is 0 Å². The number of rotatable bonds is 7. The molecule has 1 amide bonds. The molecule has 0 saturated carbocycles. The van der Waals surface area contributed by atoms with Crippen LogP contribution in [0.4, 0.5) is 8.78 Å². The SMILES string of the molecule is CC(C)C(CCO)NC(=O)CCc1ccc(F)cc1F. The van der Waals surface area contributed by atoms with Crippen LogP contribution in [0.2, 0.25) is 0 Å². The molecule has 2 N–H and O–H groups in total. The number of nitrogens with one attached hydrogen (secondary N) is 1. The van der Waals surface area contributed by atoms with Crippen molar-refractivity contribution in [2.45, 2.75) is 39.2 Å². The van der Waals surface area contributed by atoms with E-state index in [1.807, 2.05) is 13.8 Å². The lowest BCUT2D eigenvalue weighted by molar-refractivity contribution is -0.122. The molecule has 1 aromatic rings. The van der Waals surface area contributed by atoms with Crippen molar-refractivity contribution < 1.29 is 18.7 Å². The van der Waals surface area contributed by atoms with Crippen LogP contribution in [-0.4, -0.2) is 23.7 Å². The van der Waals surface area contributed by atoms with E-state index in [-0.39, 0.29) is 37.3 Å². The molecule has 0 heterocycles. The predicted molar refractivity (Wildman–Crippen MR) is 73.2 cm³/mol. The first-order chi connectivity index (χ1) is 9.43. The van der Waals surface area contributed by atoms with E-state index < -0.39 is 11.6 Å². The number of hydrogen-bond donors (Lipinski definition) is 2. The molecule has 0 aromatic heterocycles. The van der Waals surface area contributed by atoms with Gasteiger partial charge >= 0.3 is 0 Å². The highest BCUT2D eigenvalue weighted by Crippen LogP contribution is 2.12. The highest BCUT2D eigenvalue weighted by molar-refractivity contribution is 5.76. The van der Waals surface area contributed by atoms with Crippen LogP contribution in [-0.2, 0) is 11.2 Å². The third-order valence-electron chi connectivity index (χ3n) is 3.23. The molecule has 20 heavy (non-hydrogen) atoms. The molecule has 0 saturated heterocycles. The highest BCUT2D eigenvalue weighted by atomic mass is 19.1. The van der Waals surface area contributed by atoms with Crippen LogP contribution in [0, 0.1) is 17.6 Å². The Balaban J connectivity index is 2.50. The minimum Gasteiger partial charge on any atom is -0.396 e. The molecule has 1 unspecified atom stereocenters. The van der Waals surface area contributed by atoms with Gasteiger partial charge in [-0.05, 0) is 30.4 Å². The topological polar surface area (TPSA) is 49.3 Å². The van der Waals surface area contributed by atoms with E-state index in [4.69, 9.17) is 5.11 Å². The third kappa shape index (κ3) is 5.25. The van der Waals surface area contributed by atoms with Gasteiger partial charge in [0.2, 0.25) is 5.91 Å². The molecule has 1 aromatic carbocycles. The molecule has 0 aliphatic heterocycles. The smallest absolute Gasteiger partial charge is 0.220 e. The zero-order valence-electron chi connectivity index (χ0n) is 11.8. The Kier molecular flexibility index (Phi) is 6.58. The summed E-state index contributed by atoms with van der Waals surface area (Å²) < 4.78 is 26.2. The number of aliphatic hydroxyl groups excluding tert-OH is 1. The number of aliphatic hydroxyl groups is 1. The molecule has 112 valence electrons. The van der Waals surface area contributed by atoms with Crippen LogP contribution >= 0.6 is 0 Å². The molecule has 0 bridgehead atoms. The van der Waals surface area contributed by atoms with Crippen LogP contribution in [0.25, 0.3) is 0 Å². The number of carbonyl (C=O) groups excluding carboxylic acids is 1. The lowest BCUT2D eigenvalue weighted by Gasteiger charge is -2.21. The molecule has 0 aliphatic rings. The molecule has 0 spiro atoms. The Morgan fingerprint density at radius 2 is 2.05 bits per heavy atom. The molecule has 5 heteroatoms. The van der Waals surface area contributed by atoms with Gasteiger partial charge in [-0.2, -0.15) is 0 Å². The standard InChI is InChI=1S/C15H21F2NO2/c1-10(2)14(7-8-19)18-15(20)6-4-11-3-5-12(16)9-13(11)17/h3,5,9-10,14,19H,4,6-8H2,1-2H3,(H,18,20). The van der Waals surface area contributed by atoms with E-state index in [0.29, 0.717) is 12.0 Å². The zero-order chi connectivity index (χ0) is 15.1. The lowest BCUT2D eigenvalue weighted by atomic mass is 10.0. The summed E-state index contributed by atoms with van der Waals surface area (Å²) in [5, 5.41) is 11.8. The number of aryl methyl sites for hydroxylation is 1. The summed E-state index contributed by atoms with van der Waals surface area (Å²) in [7, 11) is 0. The summed E-state index contributed by atoms with van der Waals surface area (Å²) in [6.07, 6.45) is 0.855. The van der Waals surface area contributed by atoms with E-state index in [1.165, 1.54) is 12.1 Å². The summed E-state index contributed by atoms with van der Waals surface area (Å²) >= 11 is 0. The maximum atomic E-state index is 13.4. The van der Waals surface area contributed by atoms with Crippen molar-refractivity contribution >= 4 is 5.91 Å². The summed E-state index contributed by atoms with van der Waals surface area (Å²) in [4.78, 5) is 11.8. The minimum absolute atomic E-state index is 0.00964. The van der Waals surface area contributed by atoms with Gasteiger partial charge in [-0.3, -0.25) is 4.79 Å². The van der Waals surface area contributed by atoms with Crippen LogP contribution in [0.15, 0.2) is 18.2 Å². The summed E-state index contributed by atoms with van der Waals surface area (Å²) in [6, 6.07) is 3.26. The quantitative estimate of drug-likeness (QED) is 0.808. The Morgan fingerprint density at radius 1 is 1.35 bits per heavy atom. The summed E-state index contributed by atoms with van der Waals surface area (Å²) in [6.45, 7) is 3.93. The average molecular weight is 285 g/mol. The van der Waals surface area contributed by atoms with Gasteiger partial charge in [0, 0.05) is 25.1 Å². The Bertz CT molecular complexity index is 449. The fourth-order valence-electron chi connectivity index (χ4n) is 1.96. The Labute approximate surface area is 118 Å². The largest absolute Gasteiger partial charge is 0.396 e. The second-order valence-corrected chi connectivity index (χ2v) is 5.17. The van der Waals surface area contributed by atoms with E-state index in [9.17, 15) is 13.6 Å². The van der Waals surface area contributed by atoms with Crippen molar-refractivity contribution in [3.8, 4) is 0 Å². The first-order valence-electron chi connectivity index (χ1n) is 6.78. The van der Waals surface area contributed by atoms with Gasteiger partial charge in [-0.1, -0.05) is 19.9 Å². The Hall–Kier alpha value is -1.49. The molecule has 0 radical (unpaired) electrons. The number of amides is 1. The molecular weight excluding hydrogens is 264 g/mol. The number of benzene rings is 1. The first-order valence-corrected chi connectivity index (χ1v) is 6.78. The van der Waals surface area contributed by atoms with E-state index in [2.05, 4.69) is 5.32 Å². The van der Waals surface area contributed by atoms with Gasteiger partial charge in [0.05, 0.1) is 0 Å². The molecule has 3 nitrogen and oxygen atoms in total. The van der Waals surface area contributed by atoms with Crippen molar-refractivity contribution in [2.24, 2.45) is 5.92 Å². The van der Waals surface area contributed by atoms with E-state index >= 15 is 0 Å². The predicted octanol–water partition coefficient (Wildman–Crippen LogP) is 2.42. The van der Waals surface area contributed by atoms with Crippen molar-refractivity contribution in [1.29, 1.82) is 0 Å². The van der Waals surface area contributed by atoms with Gasteiger partial charge in [-0.25, -0.2) is 8.78 Å². The normalized spacial score (nSPS) is 12.5. The number of halogens is 2. The van der Waals surface area contributed by atoms with Crippen LogP contribution in [0.1, 0.15) is 32.3 Å². The molecule has 1 rings (SSSR count). The summed E-state index contributed by atoms with van der Waals surface area (Å²) in [5.41, 5.74) is 0.324. The molecule has 1 atom stereocenters. The maximum Gasteiger partial charge on any atom is 0.220 e. The second-order valence-electron chi connectivity index (χ2n) is 5.17. The highest BCUT2D eigenvalue weighted by Gasteiger charge is 2.15. The van der Waals surface area contributed by atoms with Crippen molar-refractivity contribution in [3.63, 3.8) is 0 Å². The van der Waals surface area contributed by atoms with Crippen molar-refractivity contribution in [1.82, 2.24) is 5.32 Å². The first kappa shape index (κ1) is 16.6. The number of carbonyl (C=O) groups is 1. The van der Waals surface area contributed by atoms with Crippen molar-refractivity contribution in [3.05, 3.63) is 35.4 Å². The molecular formula is C15H21F2NO2. The lowest BCUT2D eigenvalue weighted by Crippen LogP contribution is -2.39. The molecule has 0 fully saturated rings.